The topological polar surface area (TPSA) is 95.0 Å². The third-order valence-corrected chi connectivity index (χ3v) is 5.41. The molecule has 0 aliphatic rings. The molecule has 1 amide bonds. The SMILES string of the molecule is COc1ccc(C(NC(=O)CCc2c(C)[nH]c(=O)c(C#N)c2C)c2ccccc2)cc1. The summed E-state index contributed by atoms with van der Waals surface area (Å²) in [6, 6.07) is 19.0. The zero-order valence-electron chi connectivity index (χ0n) is 17.9. The summed E-state index contributed by atoms with van der Waals surface area (Å²) in [6.07, 6.45) is 0.664. The van der Waals surface area contributed by atoms with Crippen LogP contribution in [-0.2, 0) is 11.2 Å². The number of aryl methyl sites for hydroxylation is 1. The Morgan fingerprint density at radius 3 is 2.35 bits per heavy atom. The van der Waals surface area contributed by atoms with Crippen LogP contribution in [0.25, 0.3) is 0 Å². The molecule has 0 aliphatic carbocycles. The molecule has 1 aromatic heterocycles. The molecule has 0 saturated carbocycles. The van der Waals surface area contributed by atoms with E-state index in [4.69, 9.17) is 4.74 Å². The number of ether oxygens (including phenoxy) is 1. The fourth-order valence-corrected chi connectivity index (χ4v) is 3.69. The summed E-state index contributed by atoms with van der Waals surface area (Å²) < 4.78 is 5.24. The smallest absolute Gasteiger partial charge is 0.266 e. The number of benzene rings is 2. The Morgan fingerprint density at radius 2 is 1.74 bits per heavy atom. The minimum absolute atomic E-state index is 0.0985. The highest BCUT2D eigenvalue weighted by atomic mass is 16.5. The van der Waals surface area contributed by atoms with Crippen molar-refractivity contribution in [1.29, 1.82) is 5.26 Å². The van der Waals surface area contributed by atoms with Gasteiger partial charge in [-0.3, -0.25) is 9.59 Å². The summed E-state index contributed by atoms with van der Waals surface area (Å²) in [5.41, 5.74) is 3.77. The zero-order valence-corrected chi connectivity index (χ0v) is 17.9. The van der Waals surface area contributed by atoms with Gasteiger partial charge in [-0.2, -0.15) is 5.26 Å². The molecule has 31 heavy (non-hydrogen) atoms. The Balaban J connectivity index is 1.80. The first-order valence-electron chi connectivity index (χ1n) is 10.0. The number of nitriles is 1. The van der Waals surface area contributed by atoms with Crippen molar-refractivity contribution in [3.63, 3.8) is 0 Å². The number of pyridine rings is 1. The lowest BCUT2D eigenvalue weighted by atomic mass is 9.97. The molecule has 6 nitrogen and oxygen atoms in total. The Hall–Kier alpha value is -3.85. The summed E-state index contributed by atoms with van der Waals surface area (Å²) in [7, 11) is 1.62. The predicted octanol–water partition coefficient (Wildman–Crippen LogP) is 3.71. The van der Waals surface area contributed by atoms with Gasteiger partial charge in [-0.15, -0.1) is 0 Å². The number of H-pyrrole nitrogens is 1. The molecule has 2 N–H and O–H groups in total. The van der Waals surface area contributed by atoms with Gasteiger partial charge in [0.2, 0.25) is 5.91 Å². The first-order valence-corrected chi connectivity index (χ1v) is 10.0. The van der Waals surface area contributed by atoms with Crippen molar-refractivity contribution in [3.8, 4) is 11.8 Å². The Bertz CT molecular complexity index is 1160. The highest BCUT2D eigenvalue weighted by molar-refractivity contribution is 5.77. The van der Waals surface area contributed by atoms with Crippen LogP contribution in [0.1, 0.15) is 46.0 Å². The fraction of sp³-hybridized carbons (Fsp3) is 0.240. The first kappa shape index (κ1) is 21.8. The lowest BCUT2D eigenvalue weighted by Crippen LogP contribution is -2.29. The predicted molar refractivity (Wildman–Crippen MR) is 119 cm³/mol. The van der Waals surface area contributed by atoms with E-state index in [1.807, 2.05) is 60.7 Å². The maximum absolute atomic E-state index is 12.9. The molecular formula is C25H25N3O3. The molecule has 1 unspecified atom stereocenters. The number of rotatable bonds is 7. The van der Waals surface area contributed by atoms with Crippen LogP contribution < -0.4 is 15.6 Å². The monoisotopic (exact) mass is 415 g/mol. The Labute approximate surface area is 181 Å². The molecule has 0 aliphatic heterocycles. The molecule has 0 bridgehead atoms. The third-order valence-electron chi connectivity index (χ3n) is 5.41. The molecule has 0 spiro atoms. The summed E-state index contributed by atoms with van der Waals surface area (Å²) >= 11 is 0. The van der Waals surface area contributed by atoms with E-state index in [1.54, 1.807) is 21.0 Å². The van der Waals surface area contributed by atoms with Gasteiger partial charge in [-0.25, -0.2) is 0 Å². The zero-order chi connectivity index (χ0) is 22.4. The largest absolute Gasteiger partial charge is 0.497 e. The lowest BCUT2D eigenvalue weighted by Gasteiger charge is -2.20. The van der Waals surface area contributed by atoms with Gasteiger partial charge in [0.1, 0.15) is 17.4 Å². The van der Waals surface area contributed by atoms with Crippen LogP contribution in [0, 0.1) is 25.2 Å². The molecule has 3 rings (SSSR count). The molecule has 6 heteroatoms. The average Bonchev–Trinajstić information content (AvgIpc) is 2.78. The Morgan fingerprint density at radius 1 is 1.10 bits per heavy atom. The van der Waals surface area contributed by atoms with Crippen molar-refractivity contribution >= 4 is 5.91 Å². The maximum atomic E-state index is 12.9. The van der Waals surface area contributed by atoms with Crippen molar-refractivity contribution in [2.24, 2.45) is 0 Å². The van der Waals surface area contributed by atoms with E-state index >= 15 is 0 Å². The van der Waals surface area contributed by atoms with Gasteiger partial charge in [0.15, 0.2) is 0 Å². The van der Waals surface area contributed by atoms with Gasteiger partial charge in [-0.05, 0) is 54.7 Å². The van der Waals surface area contributed by atoms with E-state index in [2.05, 4.69) is 10.3 Å². The number of aromatic amines is 1. The van der Waals surface area contributed by atoms with E-state index in [0.717, 1.165) is 22.4 Å². The first-order chi connectivity index (χ1) is 14.9. The van der Waals surface area contributed by atoms with Gasteiger partial charge in [0.25, 0.3) is 5.56 Å². The van der Waals surface area contributed by atoms with E-state index in [9.17, 15) is 14.9 Å². The maximum Gasteiger partial charge on any atom is 0.266 e. The highest BCUT2D eigenvalue weighted by Crippen LogP contribution is 2.24. The number of nitrogens with zero attached hydrogens (tertiary/aromatic N) is 1. The molecule has 158 valence electrons. The van der Waals surface area contributed by atoms with Crippen molar-refractivity contribution in [2.45, 2.75) is 32.7 Å². The van der Waals surface area contributed by atoms with Crippen LogP contribution in [0.5, 0.6) is 5.75 Å². The van der Waals surface area contributed by atoms with Crippen molar-refractivity contribution in [1.82, 2.24) is 10.3 Å². The van der Waals surface area contributed by atoms with Crippen LogP contribution >= 0.6 is 0 Å². The minimum Gasteiger partial charge on any atom is -0.497 e. The number of amides is 1. The molecule has 0 radical (unpaired) electrons. The van der Waals surface area contributed by atoms with Crippen LogP contribution in [0.4, 0.5) is 0 Å². The second kappa shape index (κ2) is 9.77. The van der Waals surface area contributed by atoms with E-state index in [1.165, 1.54) is 0 Å². The van der Waals surface area contributed by atoms with Crippen molar-refractivity contribution in [2.75, 3.05) is 7.11 Å². The van der Waals surface area contributed by atoms with Gasteiger partial charge in [-0.1, -0.05) is 42.5 Å². The average molecular weight is 415 g/mol. The van der Waals surface area contributed by atoms with Crippen LogP contribution in [0.3, 0.4) is 0 Å². The van der Waals surface area contributed by atoms with Gasteiger partial charge < -0.3 is 15.0 Å². The Kier molecular flexibility index (Phi) is 6.88. The number of nitrogens with one attached hydrogen (secondary N) is 2. The molecular weight excluding hydrogens is 390 g/mol. The van der Waals surface area contributed by atoms with Crippen LogP contribution in [0.2, 0.25) is 0 Å². The third kappa shape index (κ3) is 5.01. The van der Waals surface area contributed by atoms with E-state index in [-0.39, 0.29) is 23.9 Å². The lowest BCUT2D eigenvalue weighted by molar-refractivity contribution is -0.121. The molecule has 2 aromatic carbocycles. The number of hydrogen-bond acceptors (Lipinski definition) is 4. The van der Waals surface area contributed by atoms with Gasteiger partial charge >= 0.3 is 0 Å². The summed E-state index contributed by atoms with van der Waals surface area (Å²) in [4.78, 5) is 27.5. The van der Waals surface area contributed by atoms with Crippen LogP contribution in [-0.4, -0.2) is 18.0 Å². The number of hydrogen-bond donors (Lipinski definition) is 2. The second-order valence-electron chi connectivity index (χ2n) is 7.35. The van der Waals surface area contributed by atoms with Crippen LogP contribution in [0.15, 0.2) is 59.4 Å². The molecule has 1 atom stereocenters. The number of carbonyl (C=O) groups excluding carboxylic acids is 1. The standard InChI is InChI=1S/C25H25N3O3/c1-16-21(17(2)27-25(30)22(16)15-26)13-14-23(29)28-24(18-7-5-4-6-8-18)19-9-11-20(31-3)12-10-19/h4-12,24H,13-14H2,1-3H3,(H,27,30)(H,28,29). The molecule has 0 fully saturated rings. The number of aromatic nitrogens is 1. The van der Waals surface area contributed by atoms with Gasteiger partial charge in [0, 0.05) is 12.1 Å². The molecule has 0 saturated heterocycles. The highest BCUT2D eigenvalue weighted by Gasteiger charge is 2.18. The minimum atomic E-state index is -0.394. The molecule has 3 aromatic rings. The summed E-state index contributed by atoms with van der Waals surface area (Å²) in [5.74, 6) is 0.632. The van der Waals surface area contributed by atoms with Crippen molar-refractivity contribution in [3.05, 3.63) is 98.5 Å². The van der Waals surface area contributed by atoms with E-state index in [0.29, 0.717) is 17.7 Å². The summed E-state index contributed by atoms with van der Waals surface area (Å²) in [6.45, 7) is 3.53. The van der Waals surface area contributed by atoms with Gasteiger partial charge in [0.05, 0.1) is 13.2 Å². The normalized spacial score (nSPS) is 11.4. The second-order valence-corrected chi connectivity index (χ2v) is 7.35. The fourth-order valence-electron chi connectivity index (χ4n) is 3.69. The molecule has 1 heterocycles. The quantitative estimate of drug-likeness (QED) is 0.615. The number of carbonyl (C=O) groups is 1. The van der Waals surface area contributed by atoms with E-state index < -0.39 is 5.56 Å². The number of methoxy groups -OCH3 is 1. The van der Waals surface area contributed by atoms with Crippen molar-refractivity contribution < 1.29 is 9.53 Å². The summed E-state index contributed by atoms with van der Waals surface area (Å²) in [5, 5.41) is 12.4.